The highest BCUT2D eigenvalue weighted by atomic mass is 127. The minimum absolute atomic E-state index is 0.152. The molecule has 0 aliphatic carbocycles. The van der Waals surface area contributed by atoms with Crippen molar-refractivity contribution in [3.63, 3.8) is 0 Å². The molecule has 0 saturated heterocycles. The quantitative estimate of drug-likeness (QED) is 0.585. The predicted octanol–water partition coefficient (Wildman–Crippen LogP) is 2.42. The van der Waals surface area contributed by atoms with E-state index < -0.39 is 31.6 Å². The summed E-state index contributed by atoms with van der Waals surface area (Å²) in [7, 11) is 0.953. The molecule has 4 nitrogen and oxygen atoms in total. The van der Waals surface area contributed by atoms with Crippen molar-refractivity contribution in [2.24, 2.45) is 0 Å². The molecule has 9 heteroatoms. The van der Waals surface area contributed by atoms with Crippen LogP contribution in [-0.2, 0) is 9.05 Å². The fourth-order valence-corrected chi connectivity index (χ4v) is 3.57. The third-order valence-electron chi connectivity index (χ3n) is 1.59. The highest BCUT2D eigenvalue weighted by molar-refractivity contribution is 14.1. The van der Waals surface area contributed by atoms with Crippen LogP contribution in [0.3, 0.4) is 0 Å². The van der Waals surface area contributed by atoms with Crippen molar-refractivity contribution in [3.8, 4) is 6.07 Å². The van der Waals surface area contributed by atoms with Gasteiger partial charge in [0, 0.05) is 16.9 Å². The summed E-state index contributed by atoms with van der Waals surface area (Å²) in [5, 5.41) is 8.67. The smallest absolute Gasteiger partial charge is 0.252 e. The van der Waals surface area contributed by atoms with E-state index in [2.05, 4.69) is 4.98 Å². The third kappa shape index (κ3) is 2.58. The Hall–Kier alpha value is -0.530. The maximum Gasteiger partial charge on any atom is 0.281 e. The molecule has 0 aliphatic heterocycles. The van der Waals surface area contributed by atoms with Gasteiger partial charge in [0.15, 0.2) is 0 Å². The minimum atomic E-state index is -4.10. The van der Waals surface area contributed by atoms with Crippen molar-refractivity contribution in [3.05, 3.63) is 21.0 Å². The van der Waals surface area contributed by atoms with E-state index in [-0.39, 0.29) is 3.57 Å². The molecule has 86 valence electrons. The van der Waals surface area contributed by atoms with Crippen molar-refractivity contribution >= 4 is 42.3 Å². The summed E-state index contributed by atoms with van der Waals surface area (Å²) < 4.78 is 46.7. The molecule has 0 aliphatic rings. The minimum Gasteiger partial charge on any atom is -0.252 e. The molecular weight excluding hydrogens is 377 g/mol. The number of pyridine rings is 1. The lowest BCUT2D eigenvalue weighted by atomic mass is 10.2. The first-order valence-electron chi connectivity index (χ1n) is 3.60. The van der Waals surface area contributed by atoms with Crippen molar-refractivity contribution in [1.82, 2.24) is 4.98 Å². The molecule has 0 fully saturated rings. The Labute approximate surface area is 108 Å². The van der Waals surface area contributed by atoms with Crippen molar-refractivity contribution in [2.45, 2.75) is 11.3 Å². The van der Waals surface area contributed by atoms with Gasteiger partial charge in [-0.25, -0.2) is 17.2 Å². The number of hydrogen-bond donors (Lipinski definition) is 0. The van der Waals surface area contributed by atoms with Gasteiger partial charge in [-0.15, -0.1) is 0 Å². The number of alkyl halides is 2. The van der Waals surface area contributed by atoms with Gasteiger partial charge in [0.05, 0.1) is 9.13 Å². The first kappa shape index (κ1) is 13.5. The summed E-state index contributed by atoms with van der Waals surface area (Å²) in [6.07, 6.45) is -2.23. The van der Waals surface area contributed by atoms with Crippen LogP contribution >= 0.6 is 33.3 Å². The Kier molecular flexibility index (Phi) is 4.03. The Bertz CT molecular complexity index is 570. The molecule has 0 aromatic carbocycles. The van der Waals surface area contributed by atoms with Gasteiger partial charge in [0.2, 0.25) is 0 Å². The SMILES string of the molecule is N#Cc1c(C(F)F)ncc(S(=O)(=O)Cl)c1I. The van der Waals surface area contributed by atoms with Gasteiger partial charge in [-0.3, -0.25) is 4.98 Å². The molecule has 1 aromatic heterocycles. The van der Waals surface area contributed by atoms with Gasteiger partial charge < -0.3 is 0 Å². The van der Waals surface area contributed by atoms with Gasteiger partial charge >= 0.3 is 0 Å². The van der Waals surface area contributed by atoms with Crippen LogP contribution in [-0.4, -0.2) is 13.4 Å². The fourth-order valence-electron chi connectivity index (χ4n) is 0.927. The van der Waals surface area contributed by atoms with E-state index in [4.69, 9.17) is 15.9 Å². The molecule has 0 atom stereocenters. The second kappa shape index (κ2) is 4.77. The second-order valence-corrected chi connectivity index (χ2v) is 6.16. The number of aromatic nitrogens is 1. The summed E-state index contributed by atoms with van der Waals surface area (Å²) in [4.78, 5) is 2.79. The van der Waals surface area contributed by atoms with Gasteiger partial charge in [-0.1, -0.05) is 0 Å². The Balaban J connectivity index is 3.61. The zero-order valence-corrected chi connectivity index (χ0v) is 11.0. The average Bonchev–Trinajstić information content (AvgIpc) is 2.14. The lowest BCUT2D eigenvalue weighted by Gasteiger charge is -2.06. The lowest BCUT2D eigenvalue weighted by molar-refractivity contribution is 0.145. The normalized spacial score (nSPS) is 11.5. The Morgan fingerprint density at radius 3 is 2.50 bits per heavy atom. The van der Waals surface area contributed by atoms with E-state index in [1.807, 2.05) is 0 Å². The van der Waals surface area contributed by atoms with E-state index in [1.165, 1.54) is 28.7 Å². The first-order valence-corrected chi connectivity index (χ1v) is 6.99. The molecule has 0 bridgehead atoms. The number of hydrogen-bond acceptors (Lipinski definition) is 4. The predicted molar refractivity (Wildman–Crippen MR) is 59.7 cm³/mol. The molecule has 1 aromatic rings. The number of halogens is 4. The summed E-state index contributed by atoms with van der Waals surface area (Å²) in [6.45, 7) is 0. The largest absolute Gasteiger partial charge is 0.281 e. The Morgan fingerprint density at radius 1 is 1.56 bits per heavy atom. The molecular formula is C7H2ClF2IN2O2S. The summed E-state index contributed by atoms with van der Waals surface area (Å²) in [5.74, 6) is 0. The average molecular weight is 379 g/mol. The number of rotatable bonds is 2. The van der Waals surface area contributed by atoms with Gasteiger partial charge in [-0.05, 0) is 22.6 Å². The molecule has 1 rings (SSSR count). The van der Waals surface area contributed by atoms with E-state index in [1.54, 1.807) is 0 Å². The first-order chi connectivity index (χ1) is 7.29. The standard InChI is InChI=1S/C7H2ClF2IN2O2S/c8-16(14,15)4-2-13-6(7(9)10)3(1-12)5(4)11/h2,7H. The zero-order valence-electron chi connectivity index (χ0n) is 7.29. The van der Waals surface area contributed by atoms with Gasteiger partial charge in [0.25, 0.3) is 15.5 Å². The molecule has 16 heavy (non-hydrogen) atoms. The highest BCUT2D eigenvalue weighted by Gasteiger charge is 2.24. The van der Waals surface area contributed by atoms with E-state index in [0.717, 1.165) is 0 Å². The maximum absolute atomic E-state index is 12.4. The fraction of sp³-hybridized carbons (Fsp3) is 0.143. The van der Waals surface area contributed by atoms with Crippen LogP contribution in [0.15, 0.2) is 11.1 Å². The lowest BCUT2D eigenvalue weighted by Crippen LogP contribution is -2.04. The van der Waals surface area contributed by atoms with Crippen molar-refractivity contribution in [2.75, 3.05) is 0 Å². The van der Waals surface area contributed by atoms with E-state index >= 15 is 0 Å². The molecule has 0 N–H and O–H groups in total. The molecule has 0 saturated carbocycles. The molecule has 0 radical (unpaired) electrons. The molecule has 1 heterocycles. The van der Waals surface area contributed by atoms with Crippen LogP contribution in [0.5, 0.6) is 0 Å². The monoisotopic (exact) mass is 378 g/mol. The Morgan fingerprint density at radius 2 is 2.12 bits per heavy atom. The summed E-state index contributed by atoms with van der Waals surface area (Å²) in [6, 6.07) is 1.48. The van der Waals surface area contributed by atoms with Crippen LogP contribution in [0.25, 0.3) is 0 Å². The van der Waals surface area contributed by atoms with Gasteiger partial charge in [-0.2, -0.15) is 5.26 Å². The highest BCUT2D eigenvalue weighted by Crippen LogP contribution is 2.29. The van der Waals surface area contributed by atoms with E-state index in [0.29, 0.717) is 6.20 Å². The van der Waals surface area contributed by atoms with Crippen molar-refractivity contribution in [1.29, 1.82) is 5.26 Å². The van der Waals surface area contributed by atoms with Crippen molar-refractivity contribution < 1.29 is 17.2 Å². The topological polar surface area (TPSA) is 70.8 Å². The van der Waals surface area contributed by atoms with Gasteiger partial charge in [0.1, 0.15) is 16.7 Å². The molecule has 0 spiro atoms. The maximum atomic E-state index is 12.4. The van der Waals surface area contributed by atoms with Crippen LogP contribution in [0, 0.1) is 14.9 Å². The second-order valence-electron chi connectivity index (χ2n) is 2.55. The van der Waals surface area contributed by atoms with E-state index in [9.17, 15) is 17.2 Å². The van der Waals surface area contributed by atoms with Crippen LogP contribution in [0.2, 0.25) is 0 Å². The number of nitrogens with zero attached hydrogens (tertiary/aromatic N) is 2. The summed E-state index contributed by atoms with van der Waals surface area (Å²) in [5.41, 5.74) is -1.23. The van der Waals surface area contributed by atoms with Crippen LogP contribution in [0.4, 0.5) is 8.78 Å². The number of nitriles is 1. The van der Waals surface area contributed by atoms with Crippen LogP contribution < -0.4 is 0 Å². The zero-order chi connectivity index (χ0) is 12.5. The molecule has 0 amide bonds. The summed E-state index contributed by atoms with van der Waals surface area (Å²) >= 11 is 1.47. The third-order valence-corrected chi connectivity index (χ3v) is 4.41. The van der Waals surface area contributed by atoms with Crippen LogP contribution in [0.1, 0.15) is 17.7 Å². The molecule has 0 unspecified atom stereocenters.